The van der Waals surface area contributed by atoms with Crippen molar-refractivity contribution < 1.29 is 46.6 Å². The van der Waals surface area contributed by atoms with Crippen LogP contribution in [0, 0.1) is 6.92 Å². The lowest BCUT2D eigenvalue weighted by atomic mass is 9.94. The number of ether oxygens (including phenoxy) is 5. The van der Waals surface area contributed by atoms with Crippen LogP contribution in [0.15, 0.2) is 83.4 Å². The normalized spacial score (nSPS) is 16.7. The number of anilines is 1. The highest BCUT2D eigenvalue weighted by molar-refractivity contribution is 6.01. The molecule has 0 atom stereocenters. The Morgan fingerprint density at radius 2 is 1.60 bits per heavy atom. The molecule has 2 N–H and O–H groups in total. The van der Waals surface area contributed by atoms with Gasteiger partial charge in [-0.25, -0.2) is 4.98 Å². The molecule has 2 aliphatic heterocycles. The minimum absolute atomic E-state index is 0.0767. The van der Waals surface area contributed by atoms with Crippen molar-refractivity contribution in [2.24, 2.45) is 0 Å². The first-order valence-corrected chi connectivity index (χ1v) is 20.0. The Balaban J connectivity index is 0.730. The molecule has 8 rings (SSSR count). The monoisotopic (exact) mass is 824 g/mol. The Bertz CT molecular complexity index is 2310. The third-order valence-corrected chi connectivity index (χ3v) is 10.9. The second-order valence-electron chi connectivity index (χ2n) is 15.2. The number of nitrogens with one attached hydrogen (secondary N) is 2. The number of rotatable bonds is 17. The zero-order valence-electron chi connectivity index (χ0n) is 33.4. The molecule has 314 valence electrons. The fourth-order valence-corrected chi connectivity index (χ4v) is 7.31. The SMILES string of the molecule is Cc1ccc(NC(=O)C2(c3ccc4c(c3)OC(F)(F)O4)CC2)nc1-c1cccc(C(=O)NCCOCCOCCOc2ccc(-c3nc(C4CCN(C)CC4)no3)cc2)c1. The second-order valence-corrected chi connectivity index (χ2v) is 15.2. The topological polar surface area (TPSA) is 159 Å². The molecule has 0 unspecified atom stereocenters. The number of hydrogen-bond donors (Lipinski definition) is 2. The van der Waals surface area contributed by atoms with Gasteiger partial charge in [0.05, 0.1) is 37.5 Å². The lowest BCUT2D eigenvalue weighted by Crippen LogP contribution is -2.29. The van der Waals surface area contributed by atoms with E-state index in [4.69, 9.17) is 23.7 Å². The Morgan fingerprint density at radius 1 is 0.850 bits per heavy atom. The molecular formula is C44H46F2N6O8. The van der Waals surface area contributed by atoms with E-state index >= 15 is 0 Å². The van der Waals surface area contributed by atoms with E-state index in [1.165, 1.54) is 12.1 Å². The summed E-state index contributed by atoms with van der Waals surface area (Å²) < 4.78 is 58.8. The van der Waals surface area contributed by atoms with E-state index in [-0.39, 0.29) is 23.3 Å². The van der Waals surface area contributed by atoms with Gasteiger partial charge in [-0.05, 0) is 118 Å². The first-order chi connectivity index (χ1) is 29.0. The summed E-state index contributed by atoms with van der Waals surface area (Å²) in [5.41, 5.74) is 3.10. The Kier molecular flexibility index (Phi) is 12.0. The van der Waals surface area contributed by atoms with E-state index in [0.717, 1.165) is 42.9 Å². The molecule has 5 aromatic rings. The molecule has 1 aliphatic carbocycles. The average molecular weight is 825 g/mol. The lowest BCUT2D eigenvalue weighted by Gasteiger charge is -2.26. The number of carbonyl (C=O) groups is 2. The van der Waals surface area contributed by atoms with Crippen molar-refractivity contribution in [1.29, 1.82) is 0 Å². The molecule has 14 nitrogen and oxygen atoms in total. The van der Waals surface area contributed by atoms with E-state index in [9.17, 15) is 18.4 Å². The number of likely N-dealkylation sites (tertiary alicyclic amines) is 1. The van der Waals surface area contributed by atoms with Crippen LogP contribution in [0.5, 0.6) is 17.2 Å². The van der Waals surface area contributed by atoms with Gasteiger partial charge in [0.2, 0.25) is 5.91 Å². The molecule has 4 heterocycles. The van der Waals surface area contributed by atoms with Crippen LogP contribution in [0.25, 0.3) is 22.7 Å². The number of aryl methyl sites for hydroxylation is 1. The first kappa shape index (κ1) is 40.8. The number of fused-ring (bicyclic) bond motifs is 1. The highest BCUT2D eigenvalue weighted by atomic mass is 19.3. The quantitative estimate of drug-likeness (QED) is 0.0952. The second kappa shape index (κ2) is 17.7. The molecule has 0 bridgehead atoms. The zero-order valence-corrected chi connectivity index (χ0v) is 33.4. The Hall–Kier alpha value is -5.97. The number of benzene rings is 3. The fraction of sp³-hybridized carbons (Fsp3) is 0.386. The number of alkyl halides is 2. The number of carbonyl (C=O) groups excluding carboxylic acids is 2. The largest absolute Gasteiger partial charge is 0.586 e. The van der Waals surface area contributed by atoms with Crippen molar-refractivity contribution in [2.75, 3.05) is 65.0 Å². The summed E-state index contributed by atoms with van der Waals surface area (Å²) in [5.74, 6) is 1.90. The standard InChI is InChI=1S/C44H46F2N6O8/c1-28-6-13-37(49-42(54)43(16-17-43)33-9-12-35-36(27-33)59-44(45,46)58-35)48-38(28)31-4-3-5-32(26-31)40(53)47-18-21-55-22-23-56-24-25-57-34-10-7-30(8-11-34)41-50-39(51-60-41)29-14-19-52(2)20-15-29/h3-13,26-27,29H,14-25H2,1-2H3,(H,47,53)(H,48,49,54). The molecule has 1 saturated heterocycles. The molecule has 3 aliphatic rings. The molecule has 3 aromatic carbocycles. The third-order valence-electron chi connectivity index (χ3n) is 10.9. The van der Waals surface area contributed by atoms with Gasteiger partial charge < -0.3 is 43.7 Å². The van der Waals surface area contributed by atoms with E-state index in [0.29, 0.717) is 98.2 Å². The number of aromatic nitrogens is 3. The predicted molar refractivity (Wildman–Crippen MR) is 215 cm³/mol. The summed E-state index contributed by atoms with van der Waals surface area (Å²) in [6, 6.07) is 22.6. The summed E-state index contributed by atoms with van der Waals surface area (Å²) in [6.07, 6.45) is -0.595. The number of pyridine rings is 1. The van der Waals surface area contributed by atoms with Gasteiger partial charge in [0.15, 0.2) is 17.3 Å². The van der Waals surface area contributed by atoms with Crippen molar-refractivity contribution >= 4 is 17.6 Å². The van der Waals surface area contributed by atoms with Gasteiger partial charge >= 0.3 is 6.29 Å². The number of piperidine rings is 1. The minimum Gasteiger partial charge on any atom is -0.491 e. The van der Waals surface area contributed by atoms with Crippen LogP contribution in [-0.2, 0) is 19.7 Å². The van der Waals surface area contributed by atoms with Gasteiger partial charge in [0.25, 0.3) is 11.8 Å². The predicted octanol–water partition coefficient (Wildman–Crippen LogP) is 6.75. The molecule has 2 fully saturated rings. The number of halogens is 2. The summed E-state index contributed by atoms with van der Waals surface area (Å²) in [7, 11) is 2.13. The molecule has 2 aromatic heterocycles. The van der Waals surface area contributed by atoms with Crippen LogP contribution in [-0.4, -0.2) is 97.8 Å². The molecule has 2 amide bonds. The first-order valence-electron chi connectivity index (χ1n) is 20.0. The minimum atomic E-state index is -3.74. The number of amides is 2. The van der Waals surface area contributed by atoms with Crippen LogP contribution >= 0.6 is 0 Å². The molecule has 60 heavy (non-hydrogen) atoms. The fourth-order valence-electron chi connectivity index (χ4n) is 7.31. The maximum atomic E-state index is 13.6. The summed E-state index contributed by atoms with van der Waals surface area (Å²) >= 11 is 0. The van der Waals surface area contributed by atoms with Crippen molar-refractivity contribution in [3.8, 4) is 40.0 Å². The Morgan fingerprint density at radius 3 is 2.38 bits per heavy atom. The Labute approximate surface area is 345 Å². The van der Waals surface area contributed by atoms with E-state index in [2.05, 4.69) is 42.2 Å². The molecule has 16 heteroatoms. The van der Waals surface area contributed by atoms with Gasteiger partial charge in [-0.15, -0.1) is 8.78 Å². The van der Waals surface area contributed by atoms with Crippen LogP contribution in [0.4, 0.5) is 14.6 Å². The number of hydrogen-bond acceptors (Lipinski definition) is 12. The van der Waals surface area contributed by atoms with Crippen LogP contribution in [0.3, 0.4) is 0 Å². The highest BCUT2D eigenvalue weighted by Gasteiger charge is 2.53. The van der Waals surface area contributed by atoms with Crippen molar-refractivity contribution in [3.63, 3.8) is 0 Å². The van der Waals surface area contributed by atoms with Gasteiger partial charge in [-0.3, -0.25) is 9.59 Å². The van der Waals surface area contributed by atoms with Gasteiger partial charge in [-0.2, -0.15) is 4.98 Å². The summed E-state index contributed by atoms with van der Waals surface area (Å²) in [4.78, 5) is 38.2. The average Bonchev–Trinajstić information content (AvgIpc) is 3.80. The van der Waals surface area contributed by atoms with Crippen molar-refractivity contribution in [2.45, 2.75) is 50.2 Å². The maximum absolute atomic E-state index is 13.6. The lowest BCUT2D eigenvalue weighted by molar-refractivity contribution is -0.286. The van der Waals surface area contributed by atoms with E-state index < -0.39 is 11.7 Å². The van der Waals surface area contributed by atoms with E-state index in [1.807, 2.05) is 43.3 Å². The van der Waals surface area contributed by atoms with Crippen LogP contribution in [0.1, 0.15) is 58.9 Å². The summed E-state index contributed by atoms with van der Waals surface area (Å²) in [5, 5.41) is 9.99. The third kappa shape index (κ3) is 9.56. The van der Waals surface area contributed by atoms with Crippen molar-refractivity contribution in [1.82, 2.24) is 25.3 Å². The van der Waals surface area contributed by atoms with E-state index in [1.54, 1.807) is 30.3 Å². The van der Waals surface area contributed by atoms with Gasteiger partial charge in [0, 0.05) is 29.2 Å². The van der Waals surface area contributed by atoms with Gasteiger partial charge in [0.1, 0.15) is 18.2 Å². The summed E-state index contributed by atoms with van der Waals surface area (Å²) in [6.45, 7) is 6.07. The zero-order chi connectivity index (χ0) is 41.7. The van der Waals surface area contributed by atoms with Crippen LogP contribution < -0.4 is 24.8 Å². The van der Waals surface area contributed by atoms with Crippen LogP contribution in [0.2, 0.25) is 0 Å². The van der Waals surface area contributed by atoms with Gasteiger partial charge in [-0.1, -0.05) is 29.4 Å². The molecule has 0 spiro atoms. The smallest absolute Gasteiger partial charge is 0.491 e. The molecule has 0 radical (unpaired) electrons. The maximum Gasteiger partial charge on any atom is 0.586 e. The number of nitrogens with zero attached hydrogens (tertiary/aromatic N) is 4. The molecule has 1 saturated carbocycles. The highest BCUT2D eigenvalue weighted by Crippen LogP contribution is 2.52. The molecular weight excluding hydrogens is 779 g/mol. The van der Waals surface area contributed by atoms with Crippen molar-refractivity contribution in [3.05, 3.63) is 101 Å².